The van der Waals surface area contributed by atoms with Crippen LogP contribution in [0.3, 0.4) is 0 Å². The summed E-state index contributed by atoms with van der Waals surface area (Å²) in [5, 5.41) is 0. The fourth-order valence-electron chi connectivity index (χ4n) is 2.65. The molecule has 0 fully saturated rings. The summed E-state index contributed by atoms with van der Waals surface area (Å²) in [5.74, 6) is 1.13. The van der Waals surface area contributed by atoms with E-state index in [1.54, 1.807) is 24.8 Å². The van der Waals surface area contributed by atoms with E-state index in [0.717, 1.165) is 23.5 Å². The van der Waals surface area contributed by atoms with Crippen molar-refractivity contribution in [3.63, 3.8) is 0 Å². The monoisotopic (exact) mass is 384 g/mol. The molecule has 0 atom stereocenters. The number of Topliss-reactive ketones (excluding diaryl/α,β-unsaturated/α-hetero) is 2. The topological polar surface area (TPSA) is 85.7 Å². The van der Waals surface area contributed by atoms with E-state index in [-0.39, 0.29) is 11.6 Å². The van der Waals surface area contributed by atoms with Crippen LogP contribution in [0, 0.1) is 18.8 Å². The highest BCUT2D eigenvalue weighted by atomic mass is 16.1. The van der Waals surface area contributed by atoms with Gasteiger partial charge in [-0.15, -0.1) is 0 Å². The van der Waals surface area contributed by atoms with Gasteiger partial charge in [0.15, 0.2) is 5.78 Å². The van der Waals surface area contributed by atoms with Gasteiger partial charge in [-0.3, -0.25) is 24.5 Å². The average Bonchev–Trinajstić information content (AvgIpc) is 2.63. The molecule has 2 aromatic rings. The molecule has 0 spiro atoms. The SMILES string of the molecule is CCc1nccnc1C(=O)CC(C)C.Cc1nccnc1CC(=O)CC(C)C. The lowest BCUT2D eigenvalue weighted by Crippen LogP contribution is -2.10. The van der Waals surface area contributed by atoms with Crippen LogP contribution in [-0.4, -0.2) is 31.5 Å². The first-order valence-corrected chi connectivity index (χ1v) is 9.85. The molecule has 0 aromatic carbocycles. The summed E-state index contributed by atoms with van der Waals surface area (Å²) in [6.45, 7) is 12.0. The van der Waals surface area contributed by atoms with Gasteiger partial charge in [0, 0.05) is 37.6 Å². The van der Waals surface area contributed by atoms with E-state index >= 15 is 0 Å². The first kappa shape index (κ1) is 23.5. The van der Waals surface area contributed by atoms with Crippen LogP contribution in [0.5, 0.6) is 0 Å². The second kappa shape index (κ2) is 12.1. The number of ketones is 2. The summed E-state index contributed by atoms with van der Waals surface area (Å²) >= 11 is 0. The highest BCUT2D eigenvalue weighted by Gasteiger charge is 2.13. The average molecular weight is 385 g/mol. The molecular formula is C22H32N4O2. The van der Waals surface area contributed by atoms with Crippen molar-refractivity contribution in [1.29, 1.82) is 0 Å². The Morgan fingerprint density at radius 3 is 1.89 bits per heavy atom. The summed E-state index contributed by atoms with van der Waals surface area (Å²) in [7, 11) is 0. The van der Waals surface area contributed by atoms with Crippen molar-refractivity contribution in [2.24, 2.45) is 11.8 Å². The molecule has 0 saturated heterocycles. The molecular weight excluding hydrogens is 352 g/mol. The Balaban J connectivity index is 0.000000280. The van der Waals surface area contributed by atoms with Crippen molar-refractivity contribution in [2.45, 2.75) is 67.2 Å². The lowest BCUT2D eigenvalue weighted by Gasteiger charge is -2.05. The summed E-state index contributed by atoms with van der Waals surface area (Å²) in [6, 6.07) is 0. The molecule has 6 heteroatoms. The molecule has 0 aliphatic carbocycles. The quantitative estimate of drug-likeness (QED) is 0.634. The Hall–Kier alpha value is -2.50. The minimum atomic E-state index is 0.102. The molecule has 6 nitrogen and oxygen atoms in total. The lowest BCUT2D eigenvalue weighted by molar-refractivity contribution is -0.119. The van der Waals surface area contributed by atoms with Crippen LogP contribution < -0.4 is 0 Å². The van der Waals surface area contributed by atoms with Crippen LogP contribution in [0.15, 0.2) is 24.8 Å². The molecule has 0 radical (unpaired) electrons. The number of nitrogens with zero attached hydrogens (tertiary/aromatic N) is 4. The van der Waals surface area contributed by atoms with Gasteiger partial charge in [0.1, 0.15) is 11.5 Å². The number of carbonyl (C=O) groups excluding carboxylic acids is 2. The van der Waals surface area contributed by atoms with Crippen molar-refractivity contribution < 1.29 is 9.59 Å². The molecule has 2 heterocycles. The van der Waals surface area contributed by atoms with Crippen LogP contribution in [0.4, 0.5) is 0 Å². The van der Waals surface area contributed by atoms with Crippen LogP contribution in [0.2, 0.25) is 0 Å². The third kappa shape index (κ3) is 8.46. The molecule has 0 N–H and O–H groups in total. The third-order valence-corrected chi connectivity index (χ3v) is 3.95. The Bertz CT molecular complexity index is 773. The molecule has 2 aromatic heterocycles. The second-order valence-corrected chi connectivity index (χ2v) is 7.63. The van der Waals surface area contributed by atoms with Gasteiger partial charge >= 0.3 is 0 Å². The molecule has 28 heavy (non-hydrogen) atoms. The number of hydrogen-bond donors (Lipinski definition) is 0. The molecule has 0 aliphatic rings. The summed E-state index contributed by atoms with van der Waals surface area (Å²) < 4.78 is 0. The maximum Gasteiger partial charge on any atom is 0.183 e. The number of carbonyl (C=O) groups is 2. The fourth-order valence-corrected chi connectivity index (χ4v) is 2.65. The number of hydrogen-bond acceptors (Lipinski definition) is 6. The first-order valence-electron chi connectivity index (χ1n) is 9.85. The second-order valence-electron chi connectivity index (χ2n) is 7.63. The Kier molecular flexibility index (Phi) is 10.1. The Labute approximate surface area is 168 Å². The van der Waals surface area contributed by atoms with Gasteiger partial charge in [0.2, 0.25) is 0 Å². The predicted octanol–water partition coefficient (Wildman–Crippen LogP) is 4.21. The van der Waals surface area contributed by atoms with Crippen molar-refractivity contribution in [1.82, 2.24) is 19.9 Å². The van der Waals surface area contributed by atoms with E-state index in [9.17, 15) is 9.59 Å². The maximum absolute atomic E-state index is 11.7. The number of aryl methyl sites for hydroxylation is 2. The van der Waals surface area contributed by atoms with Gasteiger partial charge in [-0.25, -0.2) is 4.98 Å². The lowest BCUT2D eigenvalue weighted by atomic mass is 10.0. The minimum absolute atomic E-state index is 0.102. The smallest absolute Gasteiger partial charge is 0.183 e. The molecule has 0 unspecified atom stereocenters. The van der Waals surface area contributed by atoms with Gasteiger partial charge in [0.05, 0.1) is 23.5 Å². The van der Waals surface area contributed by atoms with Crippen molar-refractivity contribution >= 4 is 11.6 Å². The first-order chi connectivity index (χ1) is 13.2. The Morgan fingerprint density at radius 1 is 0.821 bits per heavy atom. The summed E-state index contributed by atoms with van der Waals surface area (Å²) in [4.78, 5) is 39.7. The summed E-state index contributed by atoms with van der Waals surface area (Å²) in [6.07, 6.45) is 8.82. The molecule has 2 rings (SSSR count). The van der Waals surface area contributed by atoms with Gasteiger partial charge in [-0.1, -0.05) is 34.6 Å². The molecule has 0 amide bonds. The van der Waals surface area contributed by atoms with Crippen LogP contribution in [0.25, 0.3) is 0 Å². The zero-order valence-electron chi connectivity index (χ0n) is 17.9. The molecule has 0 bridgehead atoms. The van der Waals surface area contributed by atoms with Crippen molar-refractivity contribution in [3.05, 3.63) is 47.6 Å². The van der Waals surface area contributed by atoms with Gasteiger partial charge in [-0.2, -0.15) is 0 Å². The predicted molar refractivity (Wildman–Crippen MR) is 110 cm³/mol. The number of aromatic nitrogens is 4. The van der Waals surface area contributed by atoms with Gasteiger partial charge < -0.3 is 0 Å². The van der Waals surface area contributed by atoms with E-state index < -0.39 is 0 Å². The molecule has 152 valence electrons. The van der Waals surface area contributed by atoms with Crippen LogP contribution in [0.1, 0.15) is 75.0 Å². The zero-order chi connectivity index (χ0) is 21.1. The van der Waals surface area contributed by atoms with Gasteiger partial charge in [-0.05, 0) is 25.2 Å². The molecule has 0 saturated carbocycles. The van der Waals surface area contributed by atoms with E-state index in [1.807, 2.05) is 41.5 Å². The standard InChI is InChI=1S/2C11H16N2O/c1-8(2)6-10(14)7-11-9(3)12-4-5-13-11;1-4-9-11(13-6-5-12-9)10(14)7-8(2)3/h4-5,8H,6-7H2,1-3H3;5-6,8H,4,7H2,1-3H3. The minimum Gasteiger partial charge on any atom is -0.299 e. The van der Waals surface area contributed by atoms with Gasteiger partial charge in [0.25, 0.3) is 0 Å². The van der Waals surface area contributed by atoms with E-state index in [2.05, 4.69) is 19.9 Å². The highest BCUT2D eigenvalue weighted by Crippen LogP contribution is 2.10. The van der Waals surface area contributed by atoms with E-state index in [1.165, 1.54) is 0 Å². The Morgan fingerprint density at radius 2 is 1.36 bits per heavy atom. The van der Waals surface area contributed by atoms with E-state index in [4.69, 9.17) is 0 Å². The van der Waals surface area contributed by atoms with Crippen molar-refractivity contribution in [3.8, 4) is 0 Å². The summed E-state index contributed by atoms with van der Waals surface area (Å²) in [5.41, 5.74) is 3.00. The zero-order valence-corrected chi connectivity index (χ0v) is 17.9. The van der Waals surface area contributed by atoms with Crippen LogP contribution in [-0.2, 0) is 17.6 Å². The normalized spacial score (nSPS) is 10.6. The fraction of sp³-hybridized carbons (Fsp3) is 0.545. The largest absolute Gasteiger partial charge is 0.299 e. The molecule has 0 aliphatic heterocycles. The number of rotatable bonds is 8. The van der Waals surface area contributed by atoms with Crippen molar-refractivity contribution in [2.75, 3.05) is 0 Å². The van der Waals surface area contributed by atoms with E-state index in [0.29, 0.717) is 36.8 Å². The highest BCUT2D eigenvalue weighted by molar-refractivity contribution is 5.95. The third-order valence-electron chi connectivity index (χ3n) is 3.95. The van der Waals surface area contributed by atoms with Crippen LogP contribution >= 0.6 is 0 Å². The maximum atomic E-state index is 11.7.